The van der Waals surface area contributed by atoms with Gasteiger partial charge in [-0.3, -0.25) is 0 Å². The van der Waals surface area contributed by atoms with Gasteiger partial charge in [-0.25, -0.2) is 0 Å². The Labute approximate surface area is 152 Å². The lowest BCUT2D eigenvalue weighted by Crippen LogP contribution is -2.43. The number of fused-ring (bicyclic) bond motifs is 3. The maximum absolute atomic E-state index is 2.48. The van der Waals surface area contributed by atoms with Gasteiger partial charge >= 0.3 is 0 Å². The molecule has 0 aromatic heterocycles. The summed E-state index contributed by atoms with van der Waals surface area (Å²) in [4.78, 5) is 0. The topological polar surface area (TPSA) is 0 Å². The Morgan fingerprint density at radius 3 is 1.36 bits per heavy atom. The van der Waals surface area contributed by atoms with Crippen molar-refractivity contribution in [2.24, 2.45) is 11.8 Å². The van der Waals surface area contributed by atoms with E-state index in [0.717, 1.165) is 11.8 Å². The van der Waals surface area contributed by atoms with Gasteiger partial charge in [-0.05, 0) is 59.8 Å². The average Bonchev–Trinajstić information content (AvgIpc) is 3.01. The summed E-state index contributed by atoms with van der Waals surface area (Å²) >= 11 is 0. The van der Waals surface area contributed by atoms with E-state index < -0.39 is 0 Å². The van der Waals surface area contributed by atoms with Crippen LogP contribution in [0.1, 0.15) is 75.3 Å². The van der Waals surface area contributed by atoms with Gasteiger partial charge in [0.25, 0.3) is 0 Å². The third kappa shape index (κ3) is 2.26. The van der Waals surface area contributed by atoms with E-state index in [1.54, 1.807) is 11.1 Å². The van der Waals surface area contributed by atoms with Crippen molar-refractivity contribution in [2.75, 3.05) is 0 Å². The Morgan fingerprint density at radius 1 is 0.520 bits per heavy atom. The molecule has 2 aromatic carbocycles. The fourth-order valence-electron chi connectivity index (χ4n) is 6.63. The van der Waals surface area contributed by atoms with Crippen LogP contribution in [0.15, 0.2) is 48.5 Å². The number of hydrogen-bond acceptors (Lipinski definition) is 0. The zero-order valence-electron chi connectivity index (χ0n) is 15.3. The SMILES string of the molecule is c1ccc2c(c1)-c1ccccc1C2(C1CCCCC1)C1CCCCC1. The molecule has 0 saturated heterocycles. The van der Waals surface area contributed by atoms with Crippen LogP contribution in [0.2, 0.25) is 0 Å². The highest BCUT2D eigenvalue weighted by atomic mass is 14.6. The first kappa shape index (κ1) is 15.7. The average molecular weight is 331 g/mol. The van der Waals surface area contributed by atoms with E-state index in [4.69, 9.17) is 0 Å². The lowest BCUT2D eigenvalue weighted by atomic mass is 9.55. The number of hydrogen-bond donors (Lipinski definition) is 0. The van der Waals surface area contributed by atoms with E-state index in [1.165, 1.54) is 75.3 Å². The molecule has 0 nitrogen and oxygen atoms in total. The van der Waals surface area contributed by atoms with Crippen molar-refractivity contribution in [1.82, 2.24) is 0 Å². The Balaban J connectivity index is 1.76. The molecule has 0 bridgehead atoms. The first-order chi connectivity index (χ1) is 12.4. The summed E-state index contributed by atoms with van der Waals surface area (Å²) in [6, 6.07) is 18.8. The molecule has 5 rings (SSSR count). The molecular formula is C25H30. The third-order valence-electron chi connectivity index (χ3n) is 7.53. The van der Waals surface area contributed by atoms with Crippen molar-refractivity contribution < 1.29 is 0 Å². The molecule has 0 heteroatoms. The molecule has 2 fully saturated rings. The Morgan fingerprint density at radius 2 is 0.920 bits per heavy atom. The molecule has 0 N–H and O–H groups in total. The van der Waals surface area contributed by atoms with Crippen LogP contribution in [0.3, 0.4) is 0 Å². The fourth-order valence-corrected chi connectivity index (χ4v) is 6.63. The van der Waals surface area contributed by atoms with Gasteiger partial charge in [0.2, 0.25) is 0 Å². The molecule has 2 saturated carbocycles. The van der Waals surface area contributed by atoms with Gasteiger partial charge in [0.05, 0.1) is 0 Å². The highest BCUT2D eigenvalue weighted by Gasteiger charge is 2.52. The predicted molar refractivity (Wildman–Crippen MR) is 106 cm³/mol. The van der Waals surface area contributed by atoms with Crippen LogP contribution >= 0.6 is 0 Å². The van der Waals surface area contributed by atoms with Crippen LogP contribution in [0.5, 0.6) is 0 Å². The minimum absolute atomic E-state index is 0.300. The van der Waals surface area contributed by atoms with Crippen LogP contribution in [0.4, 0.5) is 0 Å². The zero-order chi connectivity index (χ0) is 16.7. The normalized spacial score (nSPS) is 23.2. The second kappa shape index (κ2) is 6.31. The minimum atomic E-state index is 0.300. The first-order valence-electron chi connectivity index (χ1n) is 10.6. The van der Waals surface area contributed by atoms with Gasteiger partial charge in [0.15, 0.2) is 0 Å². The monoisotopic (exact) mass is 330 g/mol. The van der Waals surface area contributed by atoms with Gasteiger partial charge in [-0.15, -0.1) is 0 Å². The number of rotatable bonds is 2. The van der Waals surface area contributed by atoms with Gasteiger partial charge in [-0.1, -0.05) is 87.1 Å². The highest BCUT2D eigenvalue weighted by molar-refractivity contribution is 5.81. The van der Waals surface area contributed by atoms with Crippen LogP contribution in [-0.4, -0.2) is 0 Å². The second-order valence-electron chi connectivity index (χ2n) is 8.63. The summed E-state index contributed by atoms with van der Waals surface area (Å²) in [5, 5.41) is 0. The molecule has 130 valence electrons. The highest BCUT2D eigenvalue weighted by Crippen LogP contribution is 2.61. The molecule has 0 spiro atoms. The lowest BCUT2D eigenvalue weighted by Gasteiger charge is -2.48. The van der Waals surface area contributed by atoms with Crippen molar-refractivity contribution in [2.45, 2.75) is 69.6 Å². The zero-order valence-corrected chi connectivity index (χ0v) is 15.3. The summed E-state index contributed by atoms with van der Waals surface area (Å²) in [7, 11) is 0. The standard InChI is InChI=1S/C25H30/c1-3-11-19(12-4-1)25(20-13-5-2-6-14-20)23-17-9-7-15-21(23)22-16-8-10-18-24(22)25/h7-10,15-20H,1-6,11-14H2. The maximum atomic E-state index is 2.48. The van der Waals surface area contributed by atoms with E-state index in [-0.39, 0.29) is 0 Å². The van der Waals surface area contributed by atoms with Gasteiger partial charge < -0.3 is 0 Å². The molecule has 0 heterocycles. The Kier molecular flexibility index (Phi) is 3.95. The summed E-state index contributed by atoms with van der Waals surface area (Å²) in [5.74, 6) is 1.68. The van der Waals surface area contributed by atoms with Gasteiger partial charge in [0, 0.05) is 5.41 Å². The molecule has 3 aliphatic rings. The van der Waals surface area contributed by atoms with Crippen molar-refractivity contribution in [3.8, 4) is 11.1 Å². The van der Waals surface area contributed by atoms with Gasteiger partial charge in [-0.2, -0.15) is 0 Å². The molecule has 25 heavy (non-hydrogen) atoms. The van der Waals surface area contributed by atoms with Crippen LogP contribution in [0.25, 0.3) is 11.1 Å². The fraction of sp³-hybridized carbons (Fsp3) is 0.520. The van der Waals surface area contributed by atoms with Crippen molar-refractivity contribution in [1.29, 1.82) is 0 Å². The molecular weight excluding hydrogens is 300 g/mol. The summed E-state index contributed by atoms with van der Waals surface area (Å²) in [6.45, 7) is 0. The van der Waals surface area contributed by atoms with E-state index in [0.29, 0.717) is 5.41 Å². The molecule has 0 atom stereocenters. The molecule has 0 aliphatic heterocycles. The predicted octanol–water partition coefficient (Wildman–Crippen LogP) is 7.11. The number of benzene rings is 2. The molecule has 0 radical (unpaired) electrons. The third-order valence-corrected chi connectivity index (χ3v) is 7.53. The summed E-state index contributed by atoms with van der Waals surface area (Å²) in [6.07, 6.45) is 14.3. The largest absolute Gasteiger partial charge is 0.0619 e. The second-order valence-corrected chi connectivity index (χ2v) is 8.63. The Bertz CT molecular complexity index is 679. The molecule has 0 unspecified atom stereocenters. The van der Waals surface area contributed by atoms with E-state index >= 15 is 0 Å². The van der Waals surface area contributed by atoms with Crippen LogP contribution < -0.4 is 0 Å². The lowest BCUT2D eigenvalue weighted by molar-refractivity contribution is 0.137. The quantitative estimate of drug-likeness (QED) is 0.550. The smallest absolute Gasteiger partial charge is 0.0271 e. The van der Waals surface area contributed by atoms with E-state index in [1.807, 2.05) is 0 Å². The van der Waals surface area contributed by atoms with Crippen molar-refractivity contribution >= 4 is 0 Å². The van der Waals surface area contributed by atoms with Crippen molar-refractivity contribution in [3.63, 3.8) is 0 Å². The maximum Gasteiger partial charge on any atom is 0.0271 e. The van der Waals surface area contributed by atoms with Crippen LogP contribution in [0, 0.1) is 11.8 Å². The van der Waals surface area contributed by atoms with Gasteiger partial charge in [0.1, 0.15) is 0 Å². The Hall–Kier alpha value is -1.56. The molecule has 3 aliphatic carbocycles. The molecule has 2 aromatic rings. The summed E-state index contributed by atoms with van der Waals surface area (Å²) < 4.78 is 0. The first-order valence-corrected chi connectivity index (χ1v) is 10.6. The summed E-state index contributed by atoms with van der Waals surface area (Å²) in [5.41, 5.74) is 6.72. The van der Waals surface area contributed by atoms with E-state index in [9.17, 15) is 0 Å². The van der Waals surface area contributed by atoms with Crippen LogP contribution in [-0.2, 0) is 5.41 Å². The van der Waals surface area contributed by atoms with Crippen molar-refractivity contribution in [3.05, 3.63) is 59.7 Å². The minimum Gasteiger partial charge on any atom is -0.0619 e. The van der Waals surface area contributed by atoms with E-state index in [2.05, 4.69) is 48.5 Å². The molecule has 0 amide bonds.